The van der Waals surface area contributed by atoms with Crippen LogP contribution in [-0.4, -0.2) is 125 Å². The predicted molar refractivity (Wildman–Crippen MR) is 131 cm³/mol. The van der Waals surface area contributed by atoms with Crippen LogP contribution in [-0.2, 0) is 18.9 Å². The third-order valence-corrected chi connectivity index (χ3v) is 8.88. The third kappa shape index (κ3) is 7.82. The van der Waals surface area contributed by atoms with Gasteiger partial charge in [-0.1, -0.05) is 0 Å². The molecule has 3 rings (SSSR count). The van der Waals surface area contributed by atoms with E-state index in [1.807, 2.05) is 0 Å². The first-order valence-corrected chi connectivity index (χ1v) is 13.7. The lowest BCUT2D eigenvalue weighted by atomic mass is 9.73. The van der Waals surface area contributed by atoms with Crippen LogP contribution in [0.2, 0.25) is 0 Å². The summed E-state index contributed by atoms with van der Waals surface area (Å²) in [6.07, 6.45) is -2.13. The van der Waals surface area contributed by atoms with Crippen molar-refractivity contribution < 1.29 is 54.7 Å². The fourth-order valence-electron chi connectivity index (χ4n) is 6.51. The molecular weight excluding hydrogens is 488 g/mol. The number of aliphatic hydroxyl groups excluding tert-OH is 7. The molecule has 0 amide bonds. The number of aliphatic hydroxyl groups is 7. The summed E-state index contributed by atoms with van der Waals surface area (Å²) in [5, 5.41) is 70.3. The summed E-state index contributed by atoms with van der Waals surface area (Å²) in [5.74, 6) is 0.453. The van der Waals surface area contributed by atoms with E-state index in [9.17, 15) is 35.7 Å². The van der Waals surface area contributed by atoms with Gasteiger partial charge in [-0.3, -0.25) is 0 Å². The Hall–Kier alpha value is -0.440. The normalized spacial score (nSPS) is 42.9. The molecule has 2 aliphatic carbocycles. The molecule has 2 saturated carbocycles. The Morgan fingerprint density at radius 2 is 1.27 bits per heavy atom. The summed E-state index contributed by atoms with van der Waals surface area (Å²) >= 11 is 0. The maximum absolute atomic E-state index is 10.3. The standard InChI is InChI=1S/C26H48O11/c1-34-20-9-14(3-5-18(20)30)7-16(11-27)17(12-28)8-15-4-6-19(21(10-15)35-2)36-26-25(33)24(32)23(31)22(13-29)37-26/h14-33H,3-13H2,1-2H3/t14?,15?,16-,17-,18?,19?,20?,21?,22+,23+,24-,25+,26+/m0/s1. The van der Waals surface area contributed by atoms with Gasteiger partial charge in [0.25, 0.3) is 0 Å². The minimum Gasteiger partial charge on any atom is -0.396 e. The zero-order chi connectivity index (χ0) is 27.1. The molecule has 1 heterocycles. The van der Waals surface area contributed by atoms with E-state index < -0.39 is 49.5 Å². The number of hydrogen-bond donors (Lipinski definition) is 7. The van der Waals surface area contributed by atoms with Crippen LogP contribution in [0.1, 0.15) is 51.4 Å². The fraction of sp³-hybridized carbons (Fsp3) is 1.00. The molecule has 0 radical (unpaired) electrons. The fourth-order valence-corrected chi connectivity index (χ4v) is 6.51. The summed E-state index contributed by atoms with van der Waals surface area (Å²) in [7, 11) is 3.20. The molecule has 1 saturated heterocycles. The highest BCUT2D eigenvalue weighted by Crippen LogP contribution is 2.39. The molecule has 7 N–H and O–H groups in total. The zero-order valence-electron chi connectivity index (χ0n) is 22.0. The van der Waals surface area contributed by atoms with Crippen LogP contribution < -0.4 is 0 Å². The minimum absolute atomic E-state index is 0.00873. The van der Waals surface area contributed by atoms with Crippen molar-refractivity contribution in [3.63, 3.8) is 0 Å². The van der Waals surface area contributed by atoms with Gasteiger partial charge in [-0.2, -0.15) is 0 Å². The first kappa shape index (κ1) is 31.1. The second-order valence-corrected chi connectivity index (χ2v) is 11.2. The predicted octanol–water partition coefficient (Wildman–Crippen LogP) is -0.840. The van der Waals surface area contributed by atoms with E-state index >= 15 is 0 Å². The Balaban J connectivity index is 1.55. The third-order valence-electron chi connectivity index (χ3n) is 8.88. The molecule has 3 aliphatic rings. The monoisotopic (exact) mass is 536 g/mol. The molecular formula is C26H48O11. The molecule has 11 nitrogen and oxygen atoms in total. The van der Waals surface area contributed by atoms with Crippen LogP contribution in [0.25, 0.3) is 0 Å². The van der Waals surface area contributed by atoms with Crippen molar-refractivity contribution in [1.82, 2.24) is 0 Å². The smallest absolute Gasteiger partial charge is 0.187 e. The summed E-state index contributed by atoms with van der Waals surface area (Å²) in [4.78, 5) is 0. The molecule has 0 bridgehead atoms. The van der Waals surface area contributed by atoms with Crippen molar-refractivity contribution in [2.45, 2.75) is 106 Å². The average Bonchev–Trinajstić information content (AvgIpc) is 2.92. The van der Waals surface area contributed by atoms with Gasteiger partial charge >= 0.3 is 0 Å². The van der Waals surface area contributed by atoms with Crippen molar-refractivity contribution in [3.8, 4) is 0 Å². The van der Waals surface area contributed by atoms with Gasteiger partial charge < -0.3 is 54.7 Å². The van der Waals surface area contributed by atoms with Gasteiger partial charge in [0, 0.05) is 27.4 Å². The minimum atomic E-state index is -1.50. The summed E-state index contributed by atoms with van der Waals surface area (Å²) in [5.41, 5.74) is 0. The van der Waals surface area contributed by atoms with Gasteiger partial charge in [-0.05, 0) is 75.0 Å². The van der Waals surface area contributed by atoms with Gasteiger partial charge in [-0.15, -0.1) is 0 Å². The summed E-state index contributed by atoms with van der Waals surface area (Å²) in [6, 6.07) is 0. The summed E-state index contributed by atoms with van der Waals surface area (Å²) < 4.78 is 22.6. The van der Waals surface area contributed by atoms with Crippen molar-refractivity contribution in [3.05, 3.63) is 0 Å². The largest absolute Gasteiger partial charge is 0.396 e. The maximum Gasteiger partial charge on any atom is 0.187 e. The average molecular weight is 537 g/mol. The van der Waals surface area contributed by atoms with Crippen LogP contribution >= 0.6 is 0 Å². The van der Waals surface area contributed by atoms with Crippen LogP contribution in [0.5, 0.6) is 0 Å². The molecule has 0 aromatic heterocycles. The lowest BCUT2D eigenvalue weighted by molar-refractivity contribution is -0.320. The Kier molecular flexibility index (Phi) is 12.4. The lowest BCUT2D eigenvalue weighted by Crippen LogP contribution is -2.60. The Bertz CT molecular complexity index is 652. The maximum atomic E-state index is 10.3. The number of hydrogen-bond acceptors (Lipinski definition) is 11. The lowest BCUT2D eigenvalue weighted by Gasteiger charge is -2.43. The first-order valence-electron chi connectivity index (χ1n) is 13.7. The molecule has 3 fully saturated rings. The molecule has 0 spiro atoms. The Morgan fingerprint density at radius 1 is 0.703 bits per heavy atom. The molecule has 0 aromatic rings. The van der Waals surface area contributed by atoms with Gasteiger partial charge in [0.2, 0.25) is 0 Å². The zero-order valence-corrected chi connectivity index (χ0v) is 22.0. The van der Waals surface area contributed by atoms with E-state index in [0.717, 1.165) is 32.1 Å². The quantitative estimate of drug-likeness (QED) is 0.165. The van der Waals surface area contributed by atoms with Crippen LogP contribution in [0, 0.1) is 23.7 Å². The highest BCUT2D eigenvalue weighted by atomic mass is 16.7. The highest BCUT2D eigenvalue weighted by molar-refractivity contribution is 4.91. The molecule has 0 aromatic carbocycles. The van der Waals surface area contributed by atoms with E-state index in [1.165, 1.54) is 0 Å². The Morgan fingerprint density at radius 3 is 1.81 bits per heavy atom. The van der Waals surface area contributed by atoms with Crippen LogP contribution in [0.3, 0.4) is 0 Å². The van der Waals surface area contributed by atoms with Gasteiger partial charge in [0.1, 0.15) is 24.4 Å². The first-order chi connectivity index (χ1) is 17.8. The number of rotatable bonds is 12. The summed E-state index contributed by atoms with van der Waals surface area (Å²) in [6.45, 7) is -0.550. The second kappa shape index (κ2) is 14.8. The Labute approximate surface area is 219 Å². The molecule has 218 valence electrons. The van der Waals surface area contributed by atoms with E-state index in [-0.39, 0.29) is 43.2 Å². The van der Waals surface area contributed by atoms with Crippen molar-refractivity contribution in [2.75, 3.05) is 34.0 Å². The van der Waals surface area contributed by atoms with Crippen molar-refractivity contribution in [2.24, 2.45) is 23.7 Å². The van der Waals surface area contributed by atoms with Gasteiger partial charge in [-0.25, -0.2) is 0 Å². The second-order valence-electron chi connectivity index (χ2n) is 11.2. The topological polar surface area (TPSA) is 179 Å². The molecule has 1 aliphatic heterocycles. The van der Waals surface area contributed by atoms with E-state index in [1.54, 1.807) is 14.2 Å². The van der Waals surface area contributed by atoms with E-state index in [2.05, 4.69) is 0 Å². The van der Waals surface area contributed by atoms with Crippen molar-refractivity contribution >= 4 is 0 Å². The van der Waals surface area contributed by atoms with Crippen molar-refractivity contribution in [1.29, 1.82) is 0 Å². The van der Waals surface area contributed by atoms with Gasteiger partial charge in [0.15, 0.2) is 6.29 Å². The molecule has 11 heteroatoms. The van der Waals surface area contributed by atoms with Crippen LogP contribution in [0.15, 0.2) is 0 Å². The van der Waals surface area contributed by atoms with Crippen LogP contribution in [0.4, 0.5) is 0 Å². The number of methoxy groups -OCH3 is 2. The molecule has 37 heavy (non-hydrogen) atoms. The molecule has 13 atom stereocenters. The SMILES string of the molecule is COC1CC(C[C@@H](CO)[C@H](CO)CC2CCC(O[C@@H]3O[C@H](CO)[C@@H](O)[C@H](O)[C@H]3O)C(OC)C2)CCC1O. The van der Waals surface area contributed by atoms with Gasteiger partial charge in [0.05, 0.1) is 31.0 Å². The molecule has 6 unspecified atom stereocenters. The van der Waals surface area contributed by atoms with E-state index in [4.69, 9.17) is 18.9 Å². The number of ether oxygens (including phenoxy) is 4. The highest BCUT2D eigenvalue weighted by Gasteiger charge is 2.46. The van der Waals surface area contributed by atoms with E-state index in [0.29, 0.717) is 25.2 Å².